The highest BCUT2D eigenvalue weighted by Crippen LogP contribution is 2.23. The molecule has 0 radical (unpaired) electrons. The van der Waals surface area contributed by atoms with E-state index in [1.807, 2.05) is 67.6 Å². The molecule has 0 saturated heterocycles. The minimum atomic E-state index is -0.679. The number of halogens is 2. The quantitative estimate of drug-likeness (QED) is 0.297. The Morgan fingerprint density at radius 3 is 2.41 bits per heavy atom. The van der Waals surface area contributed by atoms with E-state index in [0.717, 1.165) is 46.8 Å². The zero-order valence-electron chi connectivity index (χ0n) is 21.0. The number of nitrogens with zero attached hydrogens (tertiary/aromatic N) is 1. The van der Waals surface area contributed by atoms with Gasteiger partial charge in [-0.1, -0.05) is 82.8 Å². The fraction of sp³-hybridized carbons (Fsp3) is 0.333. The lowest BCUT2D eigenvalue weighted by Gasteiger charge is -2.32. The van der Waals surface area contributed by atoms with Crippen molar-refractivity contribution in [3.63, 3.8) is 0 Å². The van der Waals surface area contributed by atoms with Crippen LogP contribution in [-0.4, -0.2) is 35.4 Å². The predicted octanol–water partition coefficient (Wildman–Crippen LogP) is 6.49. The van der Waals surface area contributed by atoms with Crippen LogP contribution >= 0.6 is 27.5 Å². The Morgan fingerprint density at radius 1 is 1.03 bits per heavy atom. The van der Waals surface area contributed by atoms with E-state index in [1.54, 1.807) is 17.0 Å². The van der Waals surface area contributed by atoms with E-state index in [9.17, 15) is 9.59 Å². The smallest absolute Gasteiger partial charge is 0.261 e. The van der Waals surface area contributed by atoms with Crippen LogP contribution in [0, 0.1) is 6.92 Å². The average Bonchev–Trinajstić information content (AvgIpc) is 3.41. The van der Waals surface area contributed by atoms with Gasteiger partial charge in [0.25, 0.3) is 5.91 Å². The summed E-state index contributed by atoms with van der Waals surface area (Å²) in [5.41, 5.74) is 2.90. The molecule has 194 valence electrons. The van der Waals surface area contributed by atoms with Gasteiger partial charge >= 0.3 is 0 Å². The highest BCUT2D eigenvalue weighted by Gasteiger charge is 2.32. The molecule has 37 heavy (non-hydrogen) atoms. The number of amides is 2. The van der Waals surface area contributed by atoms with Crippen LogP contribution in [0.1, 0.15) is 42.4 Å². The highest BCUT2D eigenvalue weighted by atomic mass is 79.9. The molecule has 0 spiro atoms. The van der Waals surface area contributed by atoms with E-state index in [1.165, 1.54) is 0 Å². The van der Waals surface area contributed by atoms with Crippen molar-refractivity contribution in [3.05, 3.63) is 99.0 Å². The number of hydrogen-bond donors (Lipinski definition) is 1. The third-order valence-corrected chi connectivity index (χ3v) is 7.87. The molecule has 0 unspecified atom stereocenters. The lowest BCUT2D eigenvalue weighted by molar-refractivity contribution is -0.143. The first kappa shape index (κ1) is 27.2. The molecule has 1 aliphatic rings. The van der Waals surface area contributed by atoms with Crippen molar-refractivity contribution in [2.45, 2.75) is 57.7 Å². The third kappa shape index (κ3) is 7.83. The first-order valence-corrected chi connectivity index (χ1v) is 13.8. The molecule has 1 saturated carbocycles. The summed E-state index contributed by atoms with van der Waals surface area (Å²) in [6, 6.07) is 22.3. The Balaban J connectivity index is 1.60. The first-order valence-electron chi connectivity index (χ1n) is 12.7. The second-order valence-corrected chi connectivity index (χ2v) is 10.8. The predicted molar refractivity (Wildman–Crippen MR) is 151 cm³/mol. The van der Waals surface area contributed by atoms with Crippen LogP contribution in [0.4, 0.5) is 0 Å². The van der Waals surface area contributed by atoms with Crippen molar-refractivity contribution in [1.82, 2.24) is 10.2 Å². The highest BCUT2D eigenvalue weighted by molar-refractivity contribution is 9.10. The van der Waals surface area contributed by atoms with Crippen molar-refractivity contribution in [3.8, 4) is 5.75 Å². The van der Waals surface area contributed by atoms with Crippen LogP contribution in [0.15, 0.2) is 77.3 Å². The molecule has 3 aromatic carbocycles. The Kier molecular flexibility index (Phi) is 9.64. The van der Waals surface area contributed by atoms with Crippen molar-refractivity contribution in [2.24, 2.45) is 0 Å². The molecule has 1 aliphatic carbocycles. The monoisotopic (exact) mass is 582 g/mol. The van der Waals surface area contributed by atoms with E-state index in [-0.39, 0.29) is 31.0 Å². The summed E-state index contributed by atoms with van der Waals surface area (Å²) in [6.45, 7) is 2.07. The fourth-order valence-electron chi connectivity index (χ4n) is 4.64. The van der Waals surface area contributed by atoms with Crippen molar-refractivity contribution in [2.75, 3.05) is 6.61 Å². The van der Waals surface area contributed by atoms with E-state index in [2.05, 4.69) is 21.2 Å². The van der Waals surface area contributed by atoms with Crippen molar-refractivity contribution < 1.29 is 14.3 Å². The molecule has 2 amide bonds. The maximum absolute atomic E-state index is 13.7. The van der Waals surface area contributed by atoms with Gasteiger partial charge in [0.1, 0.15) is 11.8 Å². The SMILES string of the molecule is Cc1cc(OCC(=O)N(Cc2ccc(Cl)cc2)[C@@H](Cc2ccccc2)C(=O)NC2CCCC2)ccc1Br. The van der Waals surface area contributed by atoms with Crippen LogP contribution in [0.3, 0.4) is 0 Å². The van der Waals surface area contributed by atoms with Crippen LogP contribution in [0.2, 0.25) is 5.02 Å². The van der Waals surface area contributed by atoms with Gasteiger partial charge in [-0.3, -0.25) is 9.59 Å². The molecule has 1 fully saturated rings. The molecular weight excluding hydrogens is 552 g/mol. The minimum Gasteiger partial charge on any atom is -0.484 e. The lowest BCUT2D eigenvalue weighted by Crippen LogP contribution is -2.53. The van der Waals surface area contributed by atoms with Crippen LogP contribution in [0.25, 0.3) is 0 Å². The maximum Gasteiger partial charge on any atom is 0.261 e. The zero-order chi connectivity index (χ0) is 26.2. The Morgan fingerprint density at radius 2 is 1.73 bits per heavy atom. The molecule has 5 nitrogen and oxygen atoms in total. The van der Waals surface area contributed by atoms with E-state index >= 15 is 0 Å². The largest absolute Gasteiger partial charge is 0.484 e. The van der Waals surface area contributed by atoms with E-state index < -0.39 is 6.04 Å². The van der Waals surface area contributed by atoms with Crippen molar-refractivity contribution >= 4 is 39.3 Å². The summed E-state index contributed by atoms with van der Waals surface area (Å²) >= 11 is 9.59. The number of carbonyl (C=O) groups is 2. The molecule has 0 bridgehead atoms. The van der Waals surface area contributed by atoms with Gasteiger partial charge in [-0.15, -0.1) is 0 Å². The second kappa shape index (κ2) is 13.1. The van der Waals surface area contributed by atoms with Gasteiger partial charge in [-0.05, 0) is 66.8 Å². The molecule has 0 aliphatic heterocycles. The van der Waals surface area contributed by atoms with Gasteiger partial charge in [0.15, 0.2) is 6.61 Å². The average molecular weight is 584 g/mol. The van der Waals surface area contributed by atoms with Crippen LogP contribution in [0.5, 0.6) is 5.75 Å². The summed E-state index contributed by atoms with van der Waals surface area (Å²) in [6.07, 6.45) is 4.59. The van der Waals surface area contributed by atoms with Gasteiger partial charge < -0.3 is 15.0 Å². The molecule has 4 rings (SSSR count). The maximum atomic E-state index is 13.7. The van der Waals surface area contributed by atoms with Crippen molar-refractivity contribution in [1.29, 1.82) is 0 Å². The van der Waals surface area contributed by atoms with E-state index in [4.69, 9.17) is 16.3 Å². The number of aryl methyl sites for hydroxylation is 1. The summed E-state index contributed by atoms with van der Waals surface area (Å²) in [4.78, 5) is 29.0. The number of carbonyl (C=O) groups excluding carboxylic acids is 2. The molecule has 7 heteroatoms. The zero-order valence-corrected chi connectivity index (χ0v) is 23.3. The van der Waals surface area contributed by atoms with Gasteiger partial charge in [0.05, 0.1) is 0 Å². The molecule has 1 N–H and O–H groups in total. The van der Waals surface area contributed by atoms with Crippen LogP contribution < -0.4 is 10.1 Å². The standard InChI is InChI=1S/C30H32BrClN2O3/c1-21-17-26(15-16-27(21)31)37-20-29(35)34(19-23-11-13-24(32)14-12-23)28(18-22-7-3-2-4-8-22)30(36)33-25-9-5-6-10-25/h2-4,7-8,11-17,25,28H,5-6,9-10,18-20H2,1H3,(H,33,36)/t28-/m0/s1. The topological polar surface area (TPSA) is 58.6 Å². The Hall–Kier alpha value is -2.83. The molecule has 3 aromatic rings. The lowest BCUT2D eigenvalue weighted by atomic mass is 10.0. The molecule has 1 atom stereocenters. The summed E-state index contributed by atoms with van der Waals surface area (Å²) < 4.78 is 6.86. The first-order chi connectivity index (χ1) is 17.9. The summed E-state index contributed by atoms with van der Waals surface area (Å²) in [5, 5.41) is 3.84. The molecule has 0 heterocycles. The Labute approximate surface area is 232 Å². The normalized spacial score (nSPS) is 14.2. The van der Waals surface area contributed by atoms with Gasteiger partial charge in [-0.25, -0.2) is 0 Å². The number of ether oxygens (including phenoxy) is 1. The number of hydrogen-bond acceptors (Lipinski definition) is 3. The third-order valence-electron chi connectivity index (χ3n) is 6.73. The summed E-state index contributed by atoms with van der Waals surface area (Å²) in [5.74, 6) is 0.228. The second-order valence-electron chi connectivity index (χ2n) is 9.54. The molecule has 0 aromatic heterocycles. The fourth-order valence-corrected chi connectivity index (χ4v) is 5.02. The minimum absolute atomic E-state index is 0.127. The van der Waals surface area contributed by atoms with E-state index in [0.29, 0.717) is 17.2 Å². The number of benzene rings is 3. The van der Waals surface area contributed by atoms with Gasteiger partial charge in [0, 0.05) is 28.5 Å². The van der Waals surface area contributed by atoms with Crippen LogP contribution in [-0.2, 0) is 22.6 Å². The Bertz CT molecular complexity index is 1200. The van der Waals surface area contributed by atoms with Gasteiger partial charge in [-0.2, -0.15) is 0 Å². The summed E-state index contributed by atoms with van der Waals surface area (Å²) in [7, 11) is 0. The number of nitrogens with one attached hydrogen (secondary N) is 1. The molecular formula is C30H32BrClN2O3. The number of rotatable bonds is 10. The van der Waals surface area contributed by atoms with Gasteiger partial charge in [0.2, 0.25) is 5.91 Å².